The van der Waals surface area contributed by atoms with Gasteiger partial charge in [0.25, 0.3) is 0 Å². The van der Waals surface area contributed by atoms with Crippen LogP contribution in [0.4, 0.5) is 0 Å². The van der Waals surface area contributed by atoms with Crippen LogP contribution in [0.3, 0.4) is 0 Å². The summed E-state index contributed by atoms with van der Waals surface area (Å²) in [6.07, 6.45) is -0.890. The average Bonchev–Trinajstić information content (AvgIpc) is 2.98. The van der Waals surface area contributed by atoms with Crippen molar-refractivity contribution in [3.05, 3.63) is 42.2 Å². The minimum Gasteiger partial charge on any atom is -0.379 e. The summed E-state index contributed by atoms with van der Waals surface area (Å²) in [5.41, 5.74) is -0.452. The molecule has 234 valence electrons. The van der Waals surface area contributed by atoms with Gasteiger partial charge in [-0.05, 0) is 0 Å². The number of carbonyl (C=O) groups is 2. The Hall–Kier alpha value is -1.82. The van der Waals surface area contributed by atoms with Crippen molar-refractivity contribution in [3.8, 4) is 0 Å². The second-order valence-corrected chi connectivity index (χ2v) is 14.0. The Bertz CT molecular complexity index is 1080. The number of ether oxygens (including phenoxy) is 7. The number of ketones is 1. The summed E-state index contributed by atoms with van der Waals surface area (Å²) in [5.74, 6) is -1.12. The zero-order chi connectivity index (χ0) is 30.4. The van der Waals surface area contributed by atoms with Crippen LogP contribution >= 0.6 is 0 Å². The van der Waals surface area contributed by atoms with E-state index in [0.717, 1.165) is 5.32 Å². The number of hydrogen-bond donors (Lipinski definition) is 1. The normalized spacial score (nSPS) is 33.1. The van der Waals surface area contributed by atoms with Crippen LogP contribution in [-0.2, 0) is 42.7 Å². The number of nitrogens with one attached hydrogen (secondary N) is 1. The predicted octanol–water partition coefficient (Wildman–Crippen LogP) is 2.23. The fourth-order valence-corrected chi connectivity index (χ4v) is 8.28. The molecule has 42 heavy (non-hydrogen) atoms. The first-order chi connectivity index (χ1) is 20.1. The smallest absolute Gasteiger partial charge is 0.379 e. The Balaban J connectivity index is 1.47. The minimum atomic E-state index is -0.919. The van der Waals surface area contributed by atoms with Crippen LogP contribution in [0.1, 0.15) is 34.1 Å². The van der Waals surface area contributed by atoms with Crippen LogP contribution in [0.25, 0.3) is 0 Å². The van der Waals surface area contributed by atoms with Gasteiger partial charge in [0.1, 0.15) is 0 Å². The van der Waals surface area contributed by atoms with E-state index in [1.807, 2.05) is 31.2 Å². The maximum atomic E-state index is 13.4. The Morgan fingerprint density at radius 3 is 2.50 bits per heavy atom. The summed E-state index contributed by atoms with van der Waals surface area (Å²) >= 11 is 0.237. The van der Waals surface area contributed by atoms with E-state index in [0.29, 0.717) is 13.0 Å². The third-order valence-corrected chi connectivity index (χ3v) is 11.1. The molecule has 11 heteroatoms. The number of rotatable bonds is 12. The molecule has 1 aromatic rings. The van der Waals surface area contributed by atoms with Crippen LogP contribution in [-0.4, -0.2) is 104 Å². The Kier molecular flexibility index (Phi) is 11.6. The first-order valence-corrected chi connectivity index (χ1v) is 16.5. The molecule has 2 saturated heterocycles. The number of methoxy groups -OCH3 is 3. The zero-order valence-corrected chi connectivity index (χ0v) is 27.3. The van der Waals surface area contributed by atoms with Crippen LogP contribution in [0.15, 0.2) is 42.2 Å². The van der Waals surface area contributed by atoms with Gasteiger partial charge in [0.15, 0.2) is 0 Å². The fraction of sp³-hybridized carbons (Fsp3) is 0.677. The van der Waals surface area contributed by atoms with Crippen molar-refractivity contribution in [2.24, 2.45) is 17.3 Å². The fourth-order valence-electron chi connectivity index (χ4n) is 5.90. The van der Waals surface area contributed by atoms with Crippen molar-refractivity contribution >= 4 is 31.1 Å². The molecule has 3 aliphatic rings. The molecular formula is C31H45NO9Se. The van der Waals surface area contributed by atoms with E-state index in [2.05, 4.69) is 38.2 Å². The molecule has 9 atom stereocenters. The van der Waals surface area contributed by atoms with Gasteiger partial charge in [-0.15, -0.1) is 0 Å². The molecule has 3 aliphatic heterocycles. The molecule has 0 aliphatic carbocycles. The Morgan fingerprint density at radius 1 is 1.10 bits per heavy atom. The standard InChI is InChI=1S/C31H45NO9Se/c1-18-19(2)40-23(13-20(18)16-42-22-11-9-8-10-12-22)25(33)29(34)32-30-27-26(38-17-39-30)28(37-7)31(3,4)24(41-27)14-21(36-6)15-35-5/h8-13,18-21,24,26-28,30H,14-17H2,1-7H3,(H,32,34)/t18-,19+,20-,21-,24+,26-,27-,28+,30+/m0/s1. The third-order valence-electron chi connectivity index (χ3n) is 8.71. The molecule has 0 spiro atoms. The van der Waals surface area contributed by atoms with Gasteiger partial charge in [-0.3, -0.25) is 0 Å². The number of fused-ring (bicyclic) bond motifs is 1. The summed E-state index contributed by atoms with van der Waals surface area (Å²) in [5, 5.41) is 3.66. The molecule has 1 amide bonds. The van der Waals surface area contributed by atoms with Crippen LogP contribution in [0.2, 0.25) is 5.32 Å². The zero-order valence-electron chi connectivity index (χ0n) is 25.6. The van der Waals surface area contributed by atoms with Gasteiger partial charge in [-0.2, -0.15) is 0 Å². The molecule has 2 fully saturated rings. The number of hydrogen-bond acceptors (Lipinski definition) is 9. The van der Waals surface area contributed by atoms with E-state index in [1.165, 1.54) is 4.46 Å². The molecular weight excluding hydrogens is 609 g/mol. The molecule has 0 unspecified atom stereocenters. The van der Waals surface area contributed by atoms with Crippen molar-refractivity contribution in [2.45, 2.75) is 82.3 Å². The molecule has 10 nitrogen and oxygen atoms in total. The van der Waals surface area contributed by atoms with E-state index >= 15 is 0 Å². The van der Waals surface area contributed by atoms with Gasteiger partial charge in [0.2, 0.25) is 0 Å². The van der Waals surface area contributed by atoms with Crippen molar-refractivity contribution in [2.75, 3.05) is 34.7 Å². The Labute approximate surface area is 255 Å². The van der Waals surface area contributed by atoms with Crippen molar-refractivity contribution in [1.29, 1.82) is 0 Å². The van der Waals surface area contributed by atoms with Gasteiger partial charge in [0, 0.05) is 21.3 Å². The van der Waals surface area contributed by atoms with Gasteiger partial charge in [-0.1, -0.05) is 13.8 Å². The van der Waals surface area contributed by atoms with Gasteiger partial charge >= 0.3 is 198 Å². The molecule has 0 aromatic heterocycles. The monoisotopic (exact) mass is 655 g/mol. The summed E-state index contributed by atoms with van der Waals surface area (Å²) in [6, 6.07) is 10.3. The minimum absolute atomic E-state index is 0.0774. The first kappa shape index (κ1) is 33.1. The number of allylic oxidation sites excluding steroid dienone is 1. The number of carbonyl (C=O) groups excluding carboxylic acids is 2. The van der Waals surface area contributed by atoms with E-state index in [1.54, 1.807) is 21.3 Å². The predicted molar refractivity (Wildman–Crippen MR) is 156 cm³/mol. The molecule has 0 radical (unpaired) electrons. The number of amides is 1. The molecule has 4 rings (SSSR count). The quantitative estimate of drug-likeness (QED) is 0.268. The van der Waals surface area contributed by atoms with Crippen LogP contribution < -0.4 is 9.78 Å². The SMILES string of the molecule is COC[C@H](C[C@H]1O[C@H]2[C@H](OCO[C@H]2NC(=O)C(=O)C2=C[C@@H](C[Se]c3ccccc3)[C@@H](C)[C@@H](C)O2)[C@@H](OC)C1(C)C)OC. The molecule has 1 N–H and O–H groups in total. The van der Waals surface area contributed by atoms with E-state index in [9.17, 15) is 9.59 Å². The number of benzene rings is 1. The summed E-state index contributed by atoms with van der Waals surface area (Å²) in [4.78, 5) is 26.7. The molecule has 0 bridgehead atoms. The van der Waals surface area contributed by atoms with E-state index < -0.39 is 35.5 Å². The average molecular weight is 655 g/mol. The first-order valence-electron chi connectivity index (χ1n) is 14.4. The van der Waals surface area contributed by atoms with Crippen molar-refractivity contribution < 1.29 is 42.7 Å². The second kappa shape index (κ2) is 14.8. The van der Waals surface area contributed by atoms with Crippen molar-refractivity contribution in [3.63, 3.8) is 0 Å². The van der Waals surface area contributed by atoms with Gasteiger partial charge in [-0.25, -0.2) is 0 Å². The second-order valence-electron chi connectivity index (χ2n) is 11.8. The third kappa shape index (κ3) is 7.45. The van der Waals surface area contributed by atoms with E-state index in [-0.39, 0.29) is 63.8 Å². The Morgan fingerprint density at radius 2 is 1.83 bits per heavy atom. The van der Waals surface area contributed by atoms with Gasteiger partial charge < -0.3 is 9.47 Å². The van der Waals surface area contributed by atoms with E-state index in [4.69, 9.17) is 33.2 Å². The summed E-state index contributed by atoms with van der Waals surface area (Å²) < 4.78 is 42.3. The number of Topliss-reactive ketones (excluding diaryl/α,β-unsaturated/α-hetero) is 1. The summed E-state index contributed by atoms with van der Waals surface area (Å²) in [7, 11) is 4.89. The van der Waals surface area contributed by atoms with Crippen LogP contribution in [0.5, 0.6) is 0 Å². The topological polar surface area (TPSA) is 111 Å². The van der Waals surface area contributed by atoms with Crippen molar-refractivity contribution in [1.82, 2.24) is 5.32 Å². The summed E-state index contributed by atoms with van der Waals surface area (Å²) in [6.45, 7) is 8.50. The van der Waals surface area contributed by atoms with Gasteiger partial charge in [0.05, 0.1) is 12.7 Å². The molecule has 0 saturated carbocycles. The maximum absolute atomic E-state index is 13.4. The molecule has 1 aromatic carbocycles. The van der Waals surface area contributed by atoms with Crippen LogP contribution in [0, 0.1) is 17.3 Å². The molecule has 3 heterocycles.